The van der Waals surface area contributed by atoms with Gasteiger partial charge in [-0.3, -0.25) is 4.79 Å². The molecule has 1 aliphatic heterocycles. The molecule has 3 nitrogen and oxygen atoms in total. The Morgan fingerprint density at radius 2 is 1.70 bits per heavy atom. The number of fused-ring (bicyclic) bond motifs is 1. The number of nitrogens with two attached hydrogens (primary N) is 1. The van der Waals surface area contributed by atoms with Crippen molar-refractivity contribution >= 4 is 28.4 Å². The highest BCUT2D eigenvalue weighted by Crippen LogP contribution is 2.33. The summed E-state index contributed by atoms with van der Waals surface area (Å²) in [5.74, 6) is 1.34. The van der Waals surface area contributed by atoms with Crippen LogP contribution in [0.3, 0.4) is 0 Å². The monoisotopic (exact) mass is 376 g/mol. The van der Waals surface area contributed by atoms with E-state index in [2.05, 4.69) is 54.6 Å². The van der Waals surface area contributed by atoms with E-state index in [4.69, 9.17) is 5.73 Å². The van der Waals surface area contributed by atoms with Gasteiger partial charge in [0, 0.05) is 23.9 Å². The zero-order valence-corrected chi connectivity index (χ0v) is 16.1. The number of hydrogen-bond donors (Lipinski definition) is 1. The highest BCUT2D eigenvalue weighted by atomic mass is 32.2. The Morgan fingerprint density at radius 1 is 0.963 bits per heavy atom. The standard InChI is InChI=1S/C23H24N2OS/c24-13-20-14-25(15-22(20)18-7-2-1-3-8-18)23(26)16-27-21-11-10-17-6-4-5-9-19(17)12-21/h1-12,20,22H,13-16,24H2/t20-,22+/m1/s1. The van der Waals surface area contributed by atoms with Crippen LogP contribution in [0.15, 0.2) is 77.7 Å². The van der Waals surface area contributed by atoms with E-state index < -0.39 is 0 Å². The Hall–Kier alpha value is -2.30. The van der Waals surface area contributed by atoms with Crippen LogP contribution < -0.4 is 5.73 Å². The molecule has 1 aliphatic rings. The number of thioether (sulfide) groups is 1. The van der Waals surface area contributed by atoms with Gasteiger partial charge in [-0.05, 0) is 40.9 Å². The van der Waals surface area contributed by atoms with E-state index in [1.165, 1.54) is 16.3 Å². The summed E-state index contributed by atoms with van der Waals surface area (Å²) in [5, 5.41) is 2.44. The van der Waals surface area contributed by atoms with Crippen molar-refractivity contribution in [1.29, 1.82) is 0 Å². The Labute approximate surface area is 164 Å². The quantitative estimate of drug-likeness (QED) is 0.681. The summed E-state index contributed by atoms with van der Waals surface area (Å²) in [7, 11) is 0. The zero-order valence-electron chi connectivity index (χ0n) is 15.3. The fourth-order valence-corrected chi connectivity index (χ4v) is 4.73. The van der Waals surface area contributed by atoms with Crippen LogP contribution in [-0.2, 0) is 4.79 Å². The molecule has 1 saturated heterocycles. The Kier molecular flexibility index (Phi) is 5.46. The van der Waals surface area contributed by atoms with Crippen molar-refractivity contribution in [2.24, 2.45) is 11.7 Å². The van der Waals surface area contributed by atoms with Gasteiger partial charge in [0.25, 0.3) is 0 Å². The van der Waals surface area contributed by atoms with Crippen molar-refractivity contribution in [3.8, 4) is 0 Å². The van der Waals surface area contributed by atoms with Crippen LogP contribution in [0.2, 0.25) is 0 Å². The van der Waals surface area contributed by atoms with Crippen LogP contribution >= 0.6 is 11.8 Å². The molecule has 1 heterocycles. The van der Waals surface area contributed by atoms with Crippen LogP contribution in [0.1, 0.15) is 11.5 Å². The summed E-state index contributed by atoms with van der Waals surface area (Å²) in [4.78, 5) is 15.9. The van der Waals surface area contributed by atoms with Crippen molar-refractivity contribution < 1.29 is 4.79 Å². The average molecular weight is 377 g/mol. The molecule has 0 aromatic heterocycles. The Morgan fingerprint density at radius 3 is 2.48 bits per heavy atom. The highest BCUT2D eigenvalue weighted by Gasteiger charge is 2.34. The minimum Gasteiger partial charge on any atom is -0.341 e. The predicted octanol–water partition coefficient (Wildman–Crippen LogP) is 4.13. The average Bonchev–Trinajstić information content (AvgIpc) is 3.17. The maximum atomic E-state index is 12.8. The first-order valence-corrected chi connectivity index (χ1v) is 10.4. The molecule has 0 radical (unpaired) electrons. The fourth-order valence-electron chi connectivity index (χ4n) is 3.89. The molecule has 2 atom stereocenters. The maximum Gasteiger partial charge on any atom is 0.232 e. The lowest BCUT2D eigenvalue weighted by atomic mass is 9.89. The minimum absolute atomic E-state index is 0.199. The second kappa shape index (κ2) is 8.15. The SMILES string of the molecule is NC[C@@H]1CN(C(=O)CSc2ccc3ccccc3c2)C[C@H]1c1ccccc1. The summed E-state index contributed by atoms with van der Waals surface area (Å²) >= 11 is 1.61. The number of carbonyl (C=O) groups is 1. The van der Waals surface area contributed by atoms with Gasteiger partial charge in [-0.1, -0.05) is 60.7 Å². The number of likely N-dealkylation sites (tertiary alicyclic amines) is 1. The van der Waals surface area contributed by atoms with Gasteiger partial charge in [-0.15, -0.1) is 11.8 Å². The van der Waals surface area contributed by atoms with Crippen molar-refractivity contribution in [3.63, 3.8) is 0 Å². The molecule has 1 amide bonds. The summed E-state index contributed by atoms with van der Waals surface area (Å²) in [6.45, 7) is 2.14. The molecule has 3 aromatic carbocycles. The first-order chi connectivity index (χ1) is 13.2. The first kappa shape index (κ1) is 18.1. The summed E-state index contributed by atoms with van der Waals surface area (Å²) in [6, 6.07) is 25.1. The van der Waals surface area contributed by atoms with Gasteiger partial charge in [-0.2, -0.15) is 0 Å². The fraction of sp³-hybridized carbons (Fsp3) is 0.261. The molecule has 0 bridgehead atoms. The molecule has 2 N–H and O–H groups in total. The zero-order chi connectivity index (χ0) is 18.6. The Bertz CT molecular complexity index is 928. The van der Waals surface area contributed by atoms with Crippen LogP contribution in [0.5, 0.6) is 0 Å². The molecule has 1 fully saturated rings. The Balaban J connectivity index is 1.40. The maximum absolute atomic E-state index is 12.8. The molecule has 138 valence electrons. The summed E-state index contributed by atoms with van der Waals surface area (Å²) in [5.41, 5.74) is 7.28. The van der Waals surface area contributed by atoms with Gasteiger partial charge in [-0.25, -0.2) is 0 Å². The van der Waals surface area contributed by atoms with Crippen molar-refractivity contribution in [2.45, 2.75) is 10.8 Å². The van der Waals surface area contributed by atoms with Gasteiger partial charge < -0.3 is 10.6 Å². The number of amides is 1. The number of hydrogen-bond acceptors (Lipinski definition) is 3. The van der Waals surface area contributed by atoms with Crippen LogP contribution in [0.25, 0.3) is 10.8 Å². The molecule has 4 heteroatoms. The first-order valence-electron chi connectivity index (χ1n) is 9.39. The smallest absolute Gasteiger partial charge is 0.232 e. The van der Waals surface area contributed by atoms with E-state index in [0.717, 1.165) is 18.0 Å². The van der Waals surface area contributed by atoms with Crippen LogP contribution in [0.4, 0.5) is 0 Å². The van der Waals surface area contributed by atoms with E-state index in [-0.39, 0.29) is 5.91 Å². The molecule has 0 unspecified atom stereocenters. The van der Waals surface area contributed by atoms with E-state index >= 15 is 0 Å². The highest BCUT2D eigenvalue weighted by molar-refractivity contribution is 8.00. The molecule has 3 aromatic rings. The lowest BCUT2D eigenvalue weighted by molar-refractivity contribution is -0.127. The number of rotatable bonds is 5. The third kappa shape index (κ3) is 4.02. The van der Waals surface area contributed by atoms with E-state index in [0.29, 0.717) is 24.1 Å². The topological polar surface area (TPSA) is 46.3 Å². The van der Waals surface area contributed by atoms with E-state index in [1.807, 2.05) is 23.1 Å². The molecule has 0 aliphatic carbocycles. The van der Waals surface area contributed by atoms with Gasteiger partial charge in [0.2, 0.25) is 5.91 Å². The number of nitrogens with zero attached hydrogens (tertiary/aromatic N) is 1. The normalized spacial score (nSPS) is 19.5. The van der Waals surface area contributed by atoms with Crippen molar-refractivity contribution in [3.05, 3.63) is 78.4 Å². The van der Waals surface area contributed by atoms with Gasteiger partial charge >= 0.3 is 0 Å². The second-order valence-electron chi connectivity index (χ2n) is 7.11. The molecular formula is C23H24N2OS. The second-order valence-corrected chi connectivity index (χ2v) is 8.16. The predicted molar refractivity (Wildman–Crippen MR) is 113 cm³/mol. The number of benzene rings is 3. The summed E-state index contributed by atoms with van der Waals surface area (Å²) < 4.78 is 0. The number of carbonyl (C=O) groups excluding carboxylic acids is 1. The molecule has 4 rings (SSSR count). The third-order valence-corrected chi connectivity index (χ3v) is 6.39. The lowest BCUT2D eigenvalue weighted by Gasteiger charge is -2.17. The third-order valence-electron chi connectivity index (χ3n) is 5.41. The van der Waals surface area contributed by atoms with E-state index in [9.17, 15) is 4.79 Å². The van der Waals surface area contributed by atoms with Gasteiger partial charge in [0.15, 0.2) is 0 Å². The van der Waals surface area contributed by atoms with Gasteiger partial charge in [0.1, 0.15) is 0 Å². The lowest BCUT2D eigenvalue weighted by Crippen LogP contribution is -2.31. The van der Waals surface area contributed by atoms with Crippen molar-refractivity contribution in [1.82, 2.24) is 4.90 Å². The minimum atomic E-state index is 0.199. The van der Waals surface area contributed by atoms with Crippen LogP contribution in [-0.4, -0.2) is 36.2 Å². The van der Waals surface area contributed by atoms with Crippen molar-refractivity contribution in [2.75, 3.05) is 25.4 Å². The molecule has 0 saturated carbocycles. The largest absolute Gasteiger partial charge is 0.341 e. The van der Waals surface area contributed by atoms with Crippen LogP contribution in [0, 0.1) is 5.92 Å². The van der Waals surface area contributed by atoms with E-state index in [1.54, 1.807) is 11.8 Å². The molecule has 0 spiro atoms. The molecular weight excluding hydrogens is 352 g/mol. The summed E-state index contributed by atoms with van der Waals surface area (Å²) in [6.07, 6.45) is 0. The van der Waals surface area contributed by atoms with Gasteiger partial charge in [0.05, 0.1) is 5.75 Å². The molecule has 27 heavy (non-hydrogen) atoms.